The highest BCUT2D eigenvalue weighted by atomic mass is 16.6. The lowest BCUT2D eigenvalue weighted by molar-refractivity contribution is -0.120. The quantitative estimate of drug-likeness (QED) is 0.372. The third kappa shape index (κ3) is 5.50. The Morgan fingerprint density at radius 2 is 1.77 bits per heavy atom. The lowest BCUT2D eigenvalue weighted by Gasteiger charge is -2.24. The van der Waals surface area contributed by atoms with Crippen molar-refractivity contribution in [3.63, 3.8) is 0 Å². The van der Waals surface area contributed by atoms with Gasteiger partial charge in [-0.25, -0.2) is 0 Å². The molecule has 0 unspecified atom stereocenters. The van der Waals surface area contributed by atoms with Crippen LogP contribution in [-0.2, 0) is 4.79 Å². The highest BCUT2D eigenvalue weighted by Gasteiger charge is 2.19. The van der Waals surface area contributed by atoms with E-state index in [-0.39, 0.29) is 12.5 Å². The van der Waals surface area contributed by atoms with E-state index in [1.54, 1.807) is 29.2 Å². The van der Waals surface area contributed by atoms with Gasteiger partial charge in [0.1, 0.15) is 19.0 Å². The Bertz CT molecular complexity index is 1290. The van der Waals surface area contributed by atoms with Crippen molar-refractivity contribution in [1.29, 1.82) is 0 Å². The lowest BCUT2D eigenvalue weighted by Crippen LogP contribution is -2.35. The number of ether oxygens (including phenoxy) is 3. The first-order valence-electron chi connectivity index (χ1n) is 11.2. The Labute approximate surface area is 202 Å². The summed E-state index contributed by atoms with van der Waals surface area (Å²) < 4.78 is 22.3. The lowest BCUT2D eigenvalue weighted by atomic mass is 10.2. The molecule has 1 aliphatic rings. The van der Waals surface area contributed by atoms with Gasteiger partial charge in [0.25, 0.3) is 5.91 Å². The molecule has 8 heteroatoms. The van der Waals surface area contributed by atoms with Crippen LogP contribution in [0, 0.1) is 0 Å². The van der Waals surface area contributed by atoms with Crippen molar-refractivity contribution < 1.29 is 23.4 Å². The minimum absolute atomic E-state index is 0.131. The van der Waals surface area contributed by atoms with Crippen LogP contribution >= 0.6 is 0 Å². The van der Waals surface area contributed by atoms with Gasteiger partial charge in [-0.1, -0.05) is 42.5 Å². The number of carbonyl (C=O) groups excluding carboxylic acids is 1. The summed E-state index contributed by atoms with van der Waals surface area (Å²) in [6.07, 6.45) is 5.20. The molecule has 35 heavy (non-hydrogen) atoms. The molecule has 0 spiro atoms. The molecule has 1 amide bonds. The number of carbonyl (C=O) groups is 1. The zero-order valence-electron chi connectivity index (χ0n) is 18.9. The summed E-state index contributed by atoms with van der Waals surface area (Å²) >= 11 is 0. The fraction of sp³-hybridized carbons (Fsp3) is 0.148. The van der Waals surface area contributed by atoms with Gasteiger partial charge in [0.2, 0.25) is 12.3 Å². The highest BCUT2D eigenvalue weighted by Crippen LogP contribution is 2.34. The van der Waals surface area contributed by atoms with Gasteiger partial charge >= 0.3 is 0 Å². The second-order valence-corrected chi connectivity index (χ2v) is 7.70. The summed E-state index contributed by atoms with van der Waals surface area (Å²) in [6.45, 7) is 1.22. The van der Waals surface area contributed by atoms with Crippen molar-refractivity contribution in [1.82, 2.24) is 10.2 Å². The van der Waals surface area contributed by atoms with E-state index in [9.17, 15) is 4.79 Å². The van der Waals surface area contributed by atoms with Crippen molar-refractivity contribution in [3.8, 4) is 28.7 Å². The average molecular weight is 469 g/mol. The van der Waals surface area contributed by atoms with Crippen LogP contribution in [0.15, 0.2) is 89.7 Å². The van der Waals surface area contributed by atoms with Gasteiger partial charge in [0.15, 0.2) is 18.1 Å². The van der Waals surface area contributed by atoms with E-state index in [4.69, 9.17) is 18.6 Å². The zero-order chi connectivity index (χ0) is 23.9. The summed E-state index contributed by atoms with van der Waals surface area (Å²) in [6, 6.07) is 22.5. The van der Waals surface area contributed by atoms with E-state index in [0.29, 0.717) is 48.6 Å². The number of rotatable bonds is 8. The van der Waals surface area contributed by atoms with E-state index in [2.05, 4.69) is 10.2 Å². The molecule has 0 N–H and O–H groups in total. The molecule has 0 saturated heterocycles. The topological polar surface area (TPSA) is 86.9 Å². The largest absolute Gasteiger partial charge is 0.486 e. The molecule has 0 saturated carbocycles. The number of hydrogen-bond donors (Lipinski definition) is 0. The number of benzene rings is 3. The number of amides is 1. The van der Waals surface area contributed by atoms with Crippen LogP contribution in [-0.4, -0.2) is 42.5 Å². The van der Waals surface area contributed by atoms with Crippen molar-refractivity contribution in [2.75, 3.05) is 31.3 Å². The molecule has 0 fully saturated rings. The van der Waals surface area contributed by atoms with Crippen LogP contribution in [0.3, 0.4) is 0 Å². The average Bonchev–Trinajstić information content (AvgIpc) is 3.46. The number of fused-ring (bicyclic) bond motifs is 1. The Morgan fingerprint density at radius 1 is 0.971 bits per heavy atom. The van der Waals surface area contributed by atoms with Gasteiger partial charge in [-0.2, -0.15) is 0 Å². The van der Waals surface area contributed by atoms with Crippen molar-refractivity contribution in [3.05, 3.63) is 90.8 Å². The molecule has 8 nitrogen and oxygen atoms in total. The van der Waals surface area contributed by atoms with E-state index < -0.39 is 0 Å². The SMILES string of the molecule is O=C(COc1ccc(-c2nnco2)cc1)N(C/C=C/c1ccccc1)c1ccc2c(c1)OCCO2. The number of aromatic nitrogens is 2. The Kier molecular flexibility index (Phi) is 6.70. The summed E-state index contributed by atoms with van der Waals surface area (Å²) in [4.78, 5) is 14.9. The molecule has 5 rings (SSSR count). The second kappa shape index (κ2) is 10.6. The second-order valence-electron chi connectivity index (χ2n) is 7.70. The number of hydrogen-bond acceptors (Lipinski definition) is 7. The van der Waals surface area contributed by atoms with Gasteiger partial charge < -0.3 is 23.5 Å². The maximum atomic E-state index is 13.2. The number of anilines is 1. The molecule has 0 radical (unpaired) electrons. The summed E-state index contributed by atoms with van der Waals surface area (Å²) in [5.74, 6) is 2.08. The standard InChI is InChI=1S/C27H23N3O5/c31-26(18-34-23-11-8-21(9-12-23)27-29-28-19-35-27)30(14-4-7-20-5-2-1-3-6-20)22-10-13-24-25(17-22)33-16-15-32-24/h1-13,17,19H,14-16,18H2/b7-4+. The minimum atomic E-state index is -0.194. The van der Waals surface area contributed by atoms with Gasteiger partial charge in [-0.05, 0) is 42.0 Å². The first kappa shape index (κ1) is 22.2. The predicted molar refractivity (Wildman–Crippen MR) is 130 cm³/mol. The van der Waals surface area contributed by atoms with E-state index in [1.165, 1.54) is 6.39 Å². The van der Waals surface area contributed by atoms with Gasteiger partial charge in [-0.3, -0.25) is 4.79 Å². The third-order valence-electron chi connectivity index (χ3n) is 5.36. The first-order valence-corrected chi connectivity index (χ1v) is 11.2. The monoisotopic (exact) mass is 469 g/mol. The normalized spacial score (nSPS) is 12.5. The minimum Gasteiger partial charge on any atom is -0.486 e. The molecule has 0 atom stereocenters. The van der Waals surface area contributed by atoms with Crippen LogP contribution in [0.2, 0.25) is 0 Å². The summed E-state index contributed by atoms with van der Waals surface area (Å²) in [5.41, 5.74) is 2.53. The molecule has 0 bridgehead atoms. The van der Waals surface area contributed by atoms with Crippen LogP contribution in [0.25, 0.3) is 17.5 Å². The van der Waals surface area contributed by atoms with Crippen molar-refractivity contribution in [2.24, 2.45) is 0 Å². The Balaban J connectivity index is 1.30. The zero-order valence-corrected chi connectivity index (χ0v) is 18.9. The van der Waals surface area contributed by atoms with Gasteiger partial charge in [-0.15, -0.1) is 10.2 Å². The maximum Gasteiger partial charge on any atom is 0.265 e. The van der Waals surface area contributed by atoms with Crippen LogP contribution in [0.5, 0.6) is 17.2 Å². The molecule has 4 aromatic rings. The molecule has 0 aliphatic carbocycles. The Hall–Kier alpha value is -4.59. The van der Waals surface area contributed by atoms with E-state index in [0.717, 1.165) is 11.1 Å². The van der Waals surface area contributed by atoms with Crippen molar-refractivity contribution >= 4 is 17.7 Å². The summed E-state index contributed by atoms with van der Waals surface area (Å²) in [7, 11) is 0. The van der Waals surface area contributed by atoms with Gasteiger partial charge in [0, 0.05) is 23.9 Å². The fourth-order valence-corrected chi connectivity index (χ4v) is 3.63. The predicted octanol–water partition coefficient (Wildman–Crippen LogP) is 4.63. The van der Waals surface area contributed by atoms with Crippen LogP contribution < -0.4 is 19.1 Å². The summed E-state index contributed by atoms with van der Waals surface area (Å²) in [5, 5.41) is 7.56. The van der Waals surface area contributed by atoms with Crippen LogP contribution in [0.1, 0.15) is 5.56 Å². The first-order chi connectivity index (χ1) is 17.3. The van der Waals surface area contributed by atoms with Crippen LogP contribution in [0.4, 0.5) is 5.69 Å². The van der Waals surface area contributed by atoms with Crippen molar-refractivity contribution in [2.45, 2.75) is 0 Å². The fourth-order valence-electron chi connectivity index (χ4n) is 3.63. The molecule has 3 aromatic carbocycles. The number of nitrogens with zero attached hydrogens (tertiary/aromatic N) is 3. The Morgan fingerprint density at radius 3 is 2.54 bits per heavy atom. The smallest absolute Gasteiger partial charge is 0.265 e. The van der Waals surface area contributed by atoms with E-state index in [1.807, 2.05) is 60.7 Å². The molecule has 2 heterocycles. The molecule has 176 valence electrons. The molecule has 1 aromatic heterocycles. The molecular formula is C27H23N3O5. The maximum absolute atomic E-state index is 13.2. The highest BCUT2D eigenvalue weighted by molar-refractivity contribution is 5.95. The molecular weight excluding hydrogens is 446 g/mol. The van der Waals surface area contributed by atoms with E-state index >= 15 is 0 Å². The third-order valence-corrected chi connectivity index (χ3v) is 5.36. The van der Waals surface area contributed by atoms with Gasteiger partial charge in [0.05, 0.1) is 0 Å². The molecule has 1 aliphatic heterocycles.